The van der Waals surface area contributed by atoms with E-state index in [1.807, 2.05) is 13.8 Å². The van der Waals surface area contributed by atoms with Crippen molar-refractivity contribution in [2.24, 2.45) is 7.05 Å². The quantitative estimate of drug-likeness (QED) is 0.713. The van der Waals surface area contributed by atoms with E-state index in [2.05, 4.69) is 5.10 Å². The molecule has 0 N–H and O–H groups in total. The van der Waals surface area contributed by atoms with Crippen molar-refractivity contribution in [1.29, 1.82) is 0 Å². The zero-order valence-electron chi connectivity index (χ0n) is 7.65. The van der Waals surface area contributed by atoms with Gasteiger partial charge in [0.15, 0.2) is 5.03 Å². The summed E-state index contributed by atoms with van der Waals surface area (Å²) in [5.74, 6) is 0.0947. The minimum atomic E-state index is -3.69. The highest BCUT2D eigenvalue weighted by Gasteiger charge is 2.22. The van der Waals surface area contributed by atoms with E-state index in [9.17, 15) is 8.42 Å². The Bertz CT molecular complexity index is 408. The maximum atomic E-state index is 11.1. The molecule has 0 aliphatic rings. The minimum Gasteiger partial charge on any atom is -0.256 e. The fourth-order valence-electron chi connectivity index (χ4n) is 1.14. The molecule has 0 saturated carbocycles. The molecule has 0 aromatic carbocycles. The summed E-state index contributed by atoms with van der Waals surface area (Å²) >= 11 is 0. The molecule has 0 fully saturated rings. The van der Waals surface area contributed by atoms with Crippen LogP contribution in [0, 0.1) is 0 Å². The highest BCUT2D eigenvalue weighted by molar-refractivity contribution is 8.13. The van der Waals surface area contributed by atoms with E-state index in [0.717, 1.165) is 0 Å². The number of halogens is 1. The van der Waals surface area contributed by atoms with Crippen LogP contribution >= 0.6 is 10.7 Å². The molecule has 0 atom stereocenters. The third kappa shape index (κ3) is 2.03. The van der Waals surface area contributed by atoms with Crippen LogP contribution in [0.4, 0.5) is 0 Å². The predicted molar refractivity (Wildman–Crippen MR) is 50.3 cm³/mol. The van der Waals surface area contributed by atoms with Gasteiger partial charge in [0, 0.05) is 23.3 Å². The maximum absolute atomic E-state index is 11.1. The Morgan fingerprint density at radius 3 is 2.38 bits per heavy atom. The molecule has 0 radical (unpaired) electrons. The fraction of sp³-hybridized carbons (Fsp3) is 0.571. The predicted octanol–water partition coefficient (Wildman–Crippen LogP) is 1.47. The number of hydrogen-bond donors (Lipinski definition) is 0. The van der Waals surface area contributed by atoms with Crippen LogP contribution in [0.15, 0.2) is 11.2 Å². The summed E-state index contributed by atoms with van der Waals surface area (Å²) in [6.45, 7) is 3.78. The highest BCUT2D eigenvalue weighted by atomic mass is 35.7. The second-order valence-corrected chi connectivity index (χ2v) is 5.60. The molecule has 0 aliphatic carbocycles. The molecule has 1 aromatic rings. The standard InChI is InChI=1S/C7H11ClN2O2S/c1-5(2)6-4-9-10(3)7(6)13(8,11)12/h4-5H,1-3H3. The molecule has 1 rings (SSSR count). The number of hydrogen-bond acceptors (Lipinski definition) is 3. The summed E-state index contributed by atoms with van der Waals surface area (Å²) in [6.07, 6.45) is 1.53. The van der Waals surface area contributed by atoms with Crippen molar-refractivity contribution in [3.63, 3.8) is 0 Å². The van der Waals surface area contributed by atoms with Crippen molar-refractivity contribution in [1.82, 2.24) is 9.78 Å². The van der Waals surface area contributed by atoms with Crippen molar-refractivity contribution in [2.45, 2.75) is 24.8 Å². The number of nitrogens with zero attached hydrogens (tertiary/aromatic N) is 2. The number of aromatic nitrogens is 2. The van der Waals surface area contributed by atoms with Gasteiger partial charge in [0.25, 0.3) is 9.05 Å². The van der Waals surface area contributed by atoms with Crippen LogP contribution in [-0.4, -0.2) is 18.2 Å². The van der Waals surface area contributed by atoms with Crippen LogP contribution in [0.5, 0.6) is 0 Å². The van der Waals surface area contributed by atoms with Crippen molar-refractivity contribution in [3.8, 4) is 0 Å². The molecule has 74 valence electrons. The molecule has 0 saturated heterocycles. The van der Waals surface area contributed by atoms with Crippen molar-refractivity contribution in [2.75, 3.05) is 0 Å². The summed E-state index contributed by atoms with van der Waals surface area (Å²) in [5, 5.41) is 3.94. The zero-order chi connectivity index (χ0) is 10.2. The summed E-state index contributed by atoms with van der Waals surface area (Å²) in [4.78, 5) is 0. The van der Waals surface area contributed by atoms with Crippen LogP contribution in [0.3, 0.4) is 0 Å². The van der Waals surface area contributed by atoms with E-state index in [1.54, 1.807) is 7.05 Å². The van der Waals surface area contributed by atoms with Gasteiger partial charge in [0.2, 0.25) is 0 Å². The van der Waals surface area contributed by atoms with Gasteiger partial charge < -0.3 is 0 Å². The zero-order valence-corrected chi connectivity index (χ0v) is 9.22. The average molecular weight is 223 g/mol. The topological polar surface area (TPSA) is 52.0 Å². The van der Waals surface area contributed by atoms with Gasteiger partial charge in [0.1, 0.15) is 0 Å². The molecule has 13 heavy (non-hydrogen) atoms. The van der Waals surface area contributed by atoms with E-state index in [-0.39, 0.29) is 10.9 Å². The first kappa shape index (κ1) is 10.5. The van der Waals surface area contributed by atoms with Crippen LogP contribution in [0.1, 0.15) is 25.3 Å². The highest BCUT2D eigenvalue weighted by Crippen LogP contribution is 2.25. The first-order valence-electron chi connectivity index (χ1n) is 3.80. The minimum absolute atomic E-state index is 0.0872. The Hall–Kier alpha value is -0.550. The smallest absolute Gasteiger partial charge is 0.256 e. The van der Waals surface area contributed by atoms with Crippen LogP contribution < -0.4 is 0 Å². The Kier molecular flexibility index (Phi) is 2.68. The molecule has 4 nitrogen and oxygen atoms in total. The van der Waals surface area contributed by atoms with Gasteiger partial charge in [0.05, 0.1) is 6.20 Å². The summed E-state index contributed by atoms with van der Waals surface area (Å²) in [6, 6.07) is 0. The SMILES string of the molecule is CC(C)c1cnn(C)c1S(=O)(=O)Cl. The monoisotopic (exact) mass is 222 g/mol. The molecular weight excluding hydrogens is 212 g/mol. The molecule has 6 heteroatoms. The van der Waals surface area contributed by atoms with Gasteiger partial charge in [-0.2, -0.15) is 5.10 Å². The average Bonchev–Trinajstić information content (AvgIpc) is 2.28. The molecule has 1 aromatic heterocycles. The van der Waals surface area contributed by atoms with Gasteiger partial charge in [-0.1, -0.05) is 13.8 Å². The Labute approximate surface area is 81.9 Å². The Balaban J connectivity index is 3.42. The first-order valence-corrected chi connectivity index (χ1v) is 6.11. The summed E-state index contributed by atoms with van der Waals surface area (Å²) < 4.78 is 23.6. The van der Waals surface area contributed by atoms with E-state index in [0.29, 0.717) is 5.56 Å². The van der Waals surface area contributed by atoms with E-state index in [4.69, 9.17) is 10.7 Å². The fourth-order valence-corrected chi connectivity index (χ4v) is 2.64. The van der Waals surface area contributed by atoms with Gasteiger partial charge in [-0.05, 0) is 5.92 Å². The molecule has 0 bridgehead atoms. The maximum Gasteiger partial charge on any atom is 0.278 e. The third-order valence-electron chi connectivity index (χ3n) is 1.76. The number of aryl methyl sites for hydroxylation is 1. The van der Waals surface area contributed by atoms with Gasteiger partial charge in [-0.25, -0.2) is 8.42 Å². The lowest BCUT2D eigenvalue weighted by molar-refractivity contribution is 0.586. The normalized spacial score (nSPS) is 12.4. The molecule has 0 aliphatic heterocycles. The van der Waals surface area contributed by atoms with Crippen LogP contribution in [0.25, 0.3) is 0 Å². The first-order chi connectivity index (χ1) is 5.84. The van der Waals surface area contributed by atoms with E-state index in [1.165, 1.54) is 10.9 Å². The van der Waals surface area contributed by atoms with Crippen LogP contribution in [0.2, 0.25) is 0 Å². The van der Waals surface area contributed by atoms with Crippen LogP contribution in [-0.2, 0) is 16.1 Å². The lowest BCUT2D eigenvalue weighted by Gasteiger charge is -2.04. The second kappa shape index (κ2) is 3.31. The van der Waals surface area contributed by atoms with Crippen molar-refractivity contribution in [3.05, 3.63) is 11.8 Å². The van der Waals surface area contributed by atoms with Crippen molar-refractivity contribution < 1.29 is 8.42 Å². The molecule has 0 unspecified atom stereocenters. The van der Waals surface area contributed by atoms with Gasteiger partial charge in [-0.3, -0.25) is 4.68 Å². The van der Waals surface area contributed by atoms with Gasteiger partial charge in [-0.15, -0.1) is 0 Å². The summed E-state index contributed by atoms with van der Waals surface area (Å²) in [7, 11) is 3.13. The second-order valence-electron chi connectivity index (χ2n) is 3.12. The molecule has 1 heterocycles. The van der Waals surface area contributed by atoms with E-state index < -0.39 is 9.05 Å². The molecule has 0 amide bonds. The van der Waals surface area contributed by atoms with Crippen molar-refractivity contribution >= 4 is 19.7 Å². The Morgan fingerprint density at radius 1 is 1.54 bits per heavy atom. The van der Waals surface area contributed by atoms with E-state index >= 15 is 0 Å². The molecule has 0 spiro atoms. The molecular formula is C7H11ClN2O2S. The third-order valence-corrected chi connectivity index (χ3v) is 3.16. The number of rotatable bonds is 2. The lowest BCUT2D eigenvalue weighted by Crippen LogP contribution is -2.04. The summed E-state index contributed by atoms with van der Waals surface area (Å²) in [5.41, 5.74) is 0.650. The largest absolute Gasteiger partial charge is 0.278 e. The van der Waals surface area contributed by atoms with Gasteiger partial charge >= 0.3 is 0 Å². The Morgan fingerprint density at radius 2 is 2.08 bits per heavy atom. The lowest BCUT2D eigenvalue weighted by atomic mass is 10.1.